The van der Waals surface area contributed by atoms with Gasteiger partial charge in [-0.3, -0.25) is 19.8 Å². The van der Waals surface area contributed by atoms with E-state index in [0.29, 0.717) is 32.6 Å². The highest BCUT2D eigenvalue weighted by molar-refractivity contribution is 9.10. The molecule has 1 heterocycles. The van der Waals surface area contributed by atoms with E-state index in [2.05, 4.69) is 15.9 Å². The van der Waals surface area contributed by atoms with Gasteiger partial charge in [0.25, 0.3) is 11.6 Å². The number of thioether (sulfide) groups is 1. The van der Waals surface area contributed by atoms with Crippen molar-refractivity contribution in [2.75, 3.05) is 0 Å². The van der Waals surface area contributed by atoms with Gasteiger partial charge in [-0.15, -0.1) is 0 Å². The van der Waals surface area contributed by atoms with Gasteiger partial charge in [0.1, 0.15) is 16.7 Å². The summed E-state index contributed by atoms with van der Waals surface area (Å²) < 4.78 is 7.30. The average molecular weight is 555 g/mol. The first-order valence-electron chi connectivity index (χ1n) is 10.3. The summed E-state index contributed by atoms with van der Waals surface area (Å²) in [5.41, 5.74) is 3.55. The maximum atomic E-state index is 13.1. The highest BCUT2D eigenvalue weighted by atomic mass is 79.9. The summed E-state index contributed by atoms with van der Waals surface area (Å²) in [5.74, 6) is 0.402. The van der Waals surface area contributed by atoms with Crippen LogP contribution < -0.4 is 4.74 Å². The predicted molar refractivity (Wildman–Crippen MR) is 141 cm³/mol. The number of nitro benzene ring substituents is 1. The molecule has 0 atom stereocenters. The molecule has 1 fully saturated rings. The molecule has 34 heavy (non-hydrogen) atoms. The van der Waals surface area contributed by atoms with Crippen LogP contribution in [0.5, 0.6) is 5.75 Å². The fourth-order valence-electron chi connectivity index (χ4n) is 3.34. The Kier molecular flexibility index (Phi) is 7.45. The fraction of sp³-hybridized carbons (Fsp3) is 0.120. The smallest absolute Gasteiger partial charge is 0.269 e. The maximum absolute atomic E-state index is 13.1. The van der Waals surface area contributed by atoms with Crippen LogP contribution in [-0.2, 0) is 17.9 Å². The molecule has 3 aromatic rings. The molecule has 4 rings (SSSR count). The Balaban J connectivity index is 1.54. The third-order valence-corrected chi connectivity index (χ3v) is 6.98. The number of hydrogen-bond donors (Lipinski definition) is 0. The zero-order valence-corrected chi connectivity index (χ0v) is 21.3. The Bertz CT molecular complexity index is 1310. The Labute approximate surface area is 214 Å². The molecule has 3 aromatic carbocycles. The molecule has 6 nitrogen and oxygen atoms in total. The molecule has 1 saturated heterocycles. The minimum absolute atomic E-state index is 0.00869. The number of rotatable bonds is 7. The number of nitrogens with zero attached hydrogens (tertiary/aromatic N) is 2. The molecule has 0 spiro atoms. The molecule has 0 bridgehead atoms. The van der Waals surface area contributed by atoms with Gasteiger partial charge < -0.3 is 4.74 Å². The first-order valence-corrected chi connectivity index (χ1v) is 12.3. The van der Waals surface area contributed by atoms with Crippen LogP contribution in [0.4, 0.5) is 5.69 Å². The van der Waals surface area contributed by atoms with Crippen molar-refractivity contribution in [1.29, 1.82) is 0 Å². The highest BCUT2D eigenvalue weighted by Crippen LogP contribution is 2.36. The van der Waals surface area contributed by atoms with E-state index in [-0.39, 0.29) is 18.2 Å². The van der Waals surface area contributed by atoms with Gasteiger partial charge in [-0.25, -0.2) is 0 Å². The lowest BCUT2D eigenvalue weighted by Crippen LogP contribution is -2.27. The third kappa shape index (κ3) is 5.72. The lowest BCUT2D eigenvalue weighted by molar-refractivity contribution is -0.384. The molecule has 172 valence electrons. The zero-order chi connectivity index (χ0) is 24.2. The Morgan fingerprint density at radius 1 is 1.12 bits per heavy atom. The molecule has 1 aliphatic rings. The van der Waals surface area contributed by atoms with E-state index in [0.717, 1.165) is 15.6 Å². The minimum Gasteiger partial charge on any atom is -0.488 e. The Morgan fingerprint density at radius 3 is 2.62 bits per heavy atom. The van der Waals surface area contributed by atoms with Gasteiger partial charge in [-0.1, -0.05) is 81.9 Å². The van der Waals surface area contributed by atoms with Crippen molar-refractivity contribution in [2.45, 2.75) is 20.1 Å². The second-order valence-electron chi connectivity index (χ2n) is 7.65. The number of hydrogen-bond acceptors (Lipinski definition) is 6. The topological polar surface area (TPSA) is 72.7 Å². The summed E-state index contributed by atoms with van der Waals surface area (Å²) in [4.78, 5) is 25.8. The van der Waals surface area contributed by atoms with Crippen molar-refractivity contribution in [3.05, 3.63) is 108 Å². The molecule has 1 amide bonds. The van der Waals surface area contributed by atoms with E-state index in [1.165, 1.54) is 23.9 Å². The van der Waals surface area contributed by atoms with E-state index >= 15 is 0 Å². The van der Waals surface area contributed by atoms with Gasteiger partial charge in [0.15, 0.2) is 0 Å². The maximum Gasteiger partial charge on any atom is 0.269 e. The van der Waals surface area contributed by atoms with Crippen molar-refractivity contribution in [2.24, 2.45) is 0 Å². The van der Waals surface area contributed by atoms with Gasteiger partial charge in [-0.2, -0.15) is 0 Å². The minimum atomic E-state index is -0.437. The SMILES string of the molecule is Cc1ccc(CN2C(=O)/C(=C/c3cc(Br)ccc3OCc3cccc([N+](=O)[O-])c3)SC2=S)cc1. The molecular formula is C25H19BrN2O4S2. The van der Waals surface area contributed by atoms with Gasteiger partial charge in [0.2, 0.25) is 0 Å². The van der Waals surface area contributed by atoms with Crippen molar-refractivity contribution >= 4 is 61.9 Å². The Hall–Kier alpha value is -3.01. The number of aryl methyl sites for hydroxylation is 1. The molecule has 0 radical (unpaired) electrons. The number of halogens is 1. The first kappa shape index (κ1) is 24.1. The highest BCUT2D eigenvalue weighted by Gasteiger charge is 2.32. The van der Waals surface area contributed by atoms with Crippen LogP contribution in [0.2, 0.25) is 0 Å². The van der Waals surface area contributed by atoms with Crippen LogP contribution in [0.3, 0.4) is 0 Å². The molecule has 0 saturated carbocycles. The normalized spacial score (nSPS) is 14.6. The first-order chi connectivity index (χ1) is 16.3. The number of nitro groups is 1. The van der Waals surface area contributed by atoms with E-state index < -0.39 is 4.92 Å². The van der Waals surface area contributed by atoms with Crippen molar-refractivity contribution in [1.82, 2.24) is 4.90 Å². The molecule has 0 aliphatic carbocycles. The molecular weight excluding hydrogens is 536 g/mol. The molecule has 0 N–H and O–H groups in total. The Morgan fingerprint density at radius 2 is 1.88 bits per heavy atom. The summed E-state index contributed by atoms with van der Waals surface area (Å²) in [5, 5.41) is 11.0. The van der Waals surface area contributed by atoms with Crippen LogP contribution in [0.25, 0.3) is 6.08 Å². The van der Waals surface area contributed by atoms with Crippen LogP contribution in [0.15, 0.2) is 76.1 Å². The van der Waals surface area contributed by atoms with Crippen LogP contribution >= 0.6 is 39.9 Å². The van der Waals surface area contributed by atoms with Crippen molar-refractivity contribution in [3.63, 3.8) is 0 Å². The largest absolute Gasteiger partial charge is 0.488 e. The number of amides is 1. The number of carbonyl (C=O) groups is 1. The van der Waals surface area contributed by atoms with Crippen LogP contribution in [0.1, 0.15) is 22.3 Å². The van der Waals surface area contributed by atoms with E-state index in [1.54, 1.807) is 29.2 Å². The number of thiocarbonyl (C=S) groups is 1. The van der Waals surface area contributed by atoms with Gasteiger partial charge in [0.05, 0.1) is 16.4 Å². The molecule has 0 aromatic heterocycles. The molecule has 0 unspecified atom stereocenters. The quantitative estimate of drug-likeness (QED) is 0.141. The van der Waals surface area contributed by atoms with Crippen LogP contribution in [0, 0.1) is 17.0 Å². The monoisotopic (exact) mass is 554 g/mol. The van der Waals surface area contributed by atoms with Gasteiger partial charge >= 0.3 is 0 Å². The molecule has 9 heteroatoms. The zero-order valence-electron chi connectivity index (χ0n) is 18.1. The van der Waals surface area contributed by atoms with Gasteiger partial charge in [-0.05, 0) is 42.3 Å². The summed E-state index contributed by atoms with van der Waals surface area (Å²) in [6, 6.07) is 19.8. The second-order valence-corrected chi connectivity index (χ2v) is 10.2. The number of non-ortho nitro benzene ring substituents is 1. The fourth-order valence-corrected chi connectivity index (χ4v) is 4.96. The summed E-state index contributed by atoms with van der Waals surface area (Å²) in [6.07, 6.45) is 1.77. The number of benzene rings is 3. The third-order valence-electron chi connectivity index (χ3n) is 5.11. The molecule has 1 aliphatic heterocycles. The number of carbonyl (C=O) groups excluding carboxylic acids is 1. The lowest BCUT2D eigenvalue weighted by atomic mass is 10.1. The van der Waals surface area contributed by atoms with Crippen molar-refractivity contribution in [3.8, 4) is 5.75 Å². The standard InChI is InChI=1S/C25H19BrN2O4S2/c1-16-5-7-17(8-6-16)14-27-24(29)23(34-25(27)33)13-19-12-20(26)9-10-22(19)32-15-18-3-2-4-21(11-18)28(30)31/h2-13H,14-15H2,1H3/b23-13-. The lowest BCUT2D eigenvalue weighted by Gasteiger charge is -2.14. The number of ether oxygens (including phenoxy) is 1. The van der Waals surface area contributed by atoms with E-state index in [9.17, 15) is 14.9 Å². The van der Waals surface area contributed by atoms with Gasteiger partial charge in [0, 0.05) is 22.2 Å². The second kappa shape index (κ2) is 10.5. The van der Waals surface area contributed by atoms with E-state index in [4.69, 9.17) is 17.0 Å². The van der Waals surface area contributed by atoms with Crippen molar-refractivity contribution < 1.29 is 14.5 Å². The van der Waals surface area contributed by atoms with Crippen LogP contribution in [-0.4, -0.2) is 20.1 Å². The summed E-state index contributed by atoms with van der Waals surface area (Å²) in [6.45, 7) is 2.58. The summed E-state index contributed by atoms with van der Waals surface area (Å²) in [7, 11) is 0. The predicted octanol–water partition coefficient (Wildman–Crippen LogP) is 6.65. The van der Waals surface area contributed by atoms with E-state index in [1.807, 2.05) is 43.3 Å². The summed E-state index contributed by atoms with van der Waals surface area (Å²) >= 11 is 10.2. The average Bonchev–Trinajstić information content (AvgIpc) is 3.07.